The molecule has 2 aromatic heterocycles. The molecule has 1 aliphatic carbocycles. The summed E-state index contributed by atoms with van der Waals surface area (Å²) < 4.78 is 15.8. The summed E-state index contributed by atoms with van der Waals surface area (Å²) in [5.74, 6) is 1.75. The standard InChI is InChI=1S/C59H36N2O2/c1-2-16-38(17-3-1)61-50-24-10-6-19-42(50)45-35-39(31-34-51(45)61)60(40-30-32-44-43-20-7-11-26-53(43)62-56(44)36-40)52-25-14-23-48-58(52)57-41-18-5-4-15-37(41)29-33-49(57)59(48)46-21-8-12-27-54(46)63-55-28-13-9-22-47(55)59/h1-36H. The molecular formula is C59H36N2O2. The van der Waals surface area contributed by atoms with Gasteiger partial charge in [-0.25, -0.2) is 0 Å². The monoisotopic (exact) mass is 804 g/mol. The van der Waals surface area contributed by atoms with Crippen LogP contribution in [0.2, 0.25) is 0 Å². The van der Waals surface area contributed by atoms with E-state index >= 15 is 0 Å². The van der Waals surface area contributed by atoms with Gasteiger partial charge in [0.1, 0.15) is 22.7 Å². The maximum atomic E-state index is 6.75. The summed E-state index contributed by atoms with van der Waals surface area (Å²) in [6.07, 6.45) is 0. The molecule has 0 radical (unpaired) electrons. The van der Waals surface area contributed by atoms with Crippen LogP contribution in [0.1, 0.15) is 22.3 Å². The summed E-state index contributed by atoms with van der Waals surface area (Å²) in [6, 6.07) is 79.0. The number of fused-ring (bicyclic) bond motifs is 17. The van der Waals surface area contributed by atoms with Gasteiger partial charge in [-0.3, -0.25) is 0 Å². The van der Waals surface area contributed by atoms with Gasteiger partial charge in [-0.05, 0) is 100 Å². The Morgan fingerprint density at radius 2 is 1.00 bits per heavy atom. The Balaban J connectivity index is 1.11. The molecule has 0 bridgehead atoms. The number of hydrogen-bond donors (Lipinski definition) is 0. The van der Waals surface area contributed by atoms with Crippen molar-refractivity contribution in [1.82, 2.24) is 4.57 Å². The molecule has 14 rings (SSSR count). The summed E-state index contributed by atoms with van der Waals surface area (Å²) in [7, 11) is 0. The second kappa shape index (κ2) is 12.8. The van der Waals surface area contributed by atoms with Crippen LogP contribution in [0.3, 0.4) is 0 Å². The topological polar surface area (TPSA) is 30.5 Å². The summed E-state index contributed by atoms with van der Waals surface area (Å²) >= 11 is 0. The molecular weight excluding hydrogens is 769 g/mol. The van der Waals surface area contributed by atoms with Crippen molar-refractivity contribution < 1.29 is 9.15 Å². The number of furan rings is 1. The van der Waals surface area contributed by atoms with E-state index in [0.717, 1.165) is 72.8 Å². The van der Waals surface area contributed by atoms with Crippen LogP contribution in [-0.2, 0) is 5.41 Å². The lowest BCUT2D eigenvalue weighted by molar-refractivity contribution is 0.436. The minimum Gasteiger partial charge on any atom is -0.457 e. The zero-order valence-electron chi connectivity index (χ0n) is 34.0. The van der Waals surface area contributed by atoms with Gasteiger partial charge in [-0.2, -0.15) is 0 Å². The first kappa shape index (κ1) is 34.4. The van der Waals surface area contributed by atoms with E-state index in [0.29, 0.717) is 0 Å². The Kier molecular flexibility index (Phi) is 7.01. The lowest BCUT2D eigenvalue weighted by Crippen LogP contribution is -2.32. The Labute approximate surface area is 363 Å². The van der Waals surface area contributed by atoms with E-state index in [1.807, 2.05) is 6.07 Å². The molecule has 1 spiro atoms. The van der Waals surface area contributed by atoms with Gasteiger partial charge in [0.2, 0.25) is 0 Å². The van der Waals surface area contributed by atoms with Crippen molar-refractivity contribution in [2.75, 3.05) is 4.90 Å². The van der Waals surface area contributed by atoms with E-state index < -0.39 is 5.41 Å². The van der Waals surface area contributed by atoms with Crippen molar-refractivity contribution in [3.63, 3.8) is 0 Å². The van der Waals surface area contributed by atoms with Gasteiger partial charge < -0.3 is 18.6 Å². The van der Waals surface area contributed by atoms with Crippen LogP contribution < -0.4 is 9.64 Å². The average Bonchev–Trinajstić information content (AvgIpc) is 3.99. The Morgan fingerprint density at radius 1 is 0.381 bits per heavy atom. The van der Waals surface area contributed by atoms with E-state index in [1.54, 1.807) is 0 Å². The highest BCUT2D eigenvalue weighted by Gasteiger charge is 2.52. The lowest BCUT2D eigenvalue weighted by Gasteiger charge is -2.39. The van der Waals surface area contributed by atoms with Crippen LogP contribution in [0.25, 0.3) is 71.3 Å². The molecule has 1 aliphatic heterocycles. The Morgan fingerprint density at radius 3 is 1.84 bits per heavy atom. The van der Waals surface area contributed by atoms with Crippen LogP contribution in [0.4, 0.5) is 17.1 Å². The van der Waals surface area contributed by atoms with Crippen molar-refractivity contribution in [2.45, 2.75) is 5.41 Å². The second-order valence-electron chi connectivity index (χ2n) is 16.8. The molecule has 0 N–H and O–H groups in total. The number of anilines is 3. The quantitative estimate of drug-likeness (QED) is 0.178. The van der Waals surface area contributed by atoms with Crippen LogP contribution in [0, 0.1) is 0 Å². The Hall–Kier alpha value is -8.34. The third kappa shape index (κ3) is 4.64. The van der Waals surface area contributed by atoms with E-state index in [9.17, 15) is 0 Å². The van der Waals surface area contributed by atoms with Crippen LogP contribution in [-0.4, -0.2) is 4.57 Å². The van der Waals surface area contributed by atoms with Crippen LogP contribution in [0.5, 0.6) is 11.5 Å². The summed E-state index contributed by atoms with van der Waals surface area (Å²) in [6.45, 7) is 0. The minimum absolute atomic E-state index is 0.641. The van der Waals surface area contributed by atoms with Gasteiger partial charge in [0.25, 0.3) is 0 Å². The summed E-state index contributed by atoms with van der Waals surface area (Å²) in [4.78, 5) is 2.46. The summed E-state index contributed by atoms with van der Waals surface area (Å²) in [5.41, 5.74) is 14.9. The van der Waals surface area contributed by atoms with Crippen LogP contribution in [0.15, 0.2) is 223 Å². The predicted molar refractivity (Wildman–Crippen MR) is 258 cm³/mol. The predicted octanol–water partition coefficient (Wildman–Crippen LogP) is 15.8. The molecule has 0 fully saturated rings. The number of nitrogens with zero attached hydrogens (tertiary/aromatic N) is 2. The Bertz CT molecular complexity index is 3810. The highest BCUT2D eigenvalue weighted by Crippen LogP contribution is 2.65. The molecule has 3 heterocycles. The van der Waals surface area contributed by atoms with E-state index in [-0.39, 0.29) is 0 Å². The first-order chi connectivity index (χ1) is 31.3. The van der Waals surface area contributed by atoms with E-state index in [4.69, 9.17) is 9.15 Å². The highest BCUT2D eigenvalue weighted by molar-refractivity contribution is 6.13. The number of aromatic nitrogens is 1. The van der Waals surface area contributed by atoms with Crippen molar-refractivity contribution >= 4 is 71.6 Å². The fourth-order valence-corrected chi connectivity index (χ4v) is 11.1. The number of para-hydroxylation sites is 5. The van der Waals surface area contributed by atoms with Gasteiger partial charge in [0.15, 0.2) is 0 Å². The van der Waals surface area contributed by atoms with E-state index in [2.05, 4.69) is 222 Å². The van der Waals surface area contributed by atoms with Crippen molar-refractivity contribution in [1.29, 1.82) is 0 Å². The average molecular weight is 805 g/mol. The van der Waals surface area contributed by atoms with Gasteiger partial charge in [-0.1, -0.05) is 140 Å². The maximum Gasteiger partial charge on any atom is 0.137 e. The fraction of sp³-hybridized carbons (Fsp3) is 0.0169. The number of rotatable bonds is 4. The van der Waals surface area contributed by atoms with Gasteiger partial charge in [0.05, 0.1) is 22.1 Å². The van der Waals surface area contributed by atoms with Gasteiger partial charge >= 0.3 is 0 Å². The molecule has 2 aliphatic rings. The van der Waals surface area contributed by atoms with Crippen molar-refractivity contribution in [2.24, 2.45) is 0 Å². The minimum atomic E-state index is -0.641. The fourth-order valence-electron chi connectivity index (χ4n) is 11.1. The van der Waals surface area contributed by atoms with Gasteiger partial charge in [0, 0.05) is 61.4 Å². The second-order valence-corrected chi connectivity index (χ2v) is 16.8. The first-order valence-corrected chi connectivity index (χ1v) is 21.6. The molecule has 4 nitrogen and oxygen atoms in total. The highest BCUT2D eigenvalue weighted by atomic mass is 16.5. The normalized spacial score (nSPS) is 13.3. The number of hydrogen-bond acceptors (Lipinski definition) is 3. The molecule has 0 amide bonds. The smallest absolute Gasteiger partial charge is 0.137 e. The molecule has 0 saturated carbocycles. The first-order valence-electron chi connectivity index (χ1n) is 21.6. The number of ether oxygens (including phenoxy) is 1. The van der Waals surface area contributed by atoms with E-state index in [1.165, 1.54) is 49.3 Å². The molecule has 4 heteroatoms. The van der Waals surface area contributed by atoms with Gasteiger partial charge in [-0.15, -0.1) is 0 Å². The largest absolute Gasteiger partial charge is 0.457 e. The molecule has 10 aromatic carbocycles. The van der Waals surface area contributed by atoms with Crippen LogP contribution >= 0.6 is 0 Å². The molecule has 0 unspecified atom stereocenters. The number of benzene rings is 10. The third-order valence-electron chi connectivity index (χ3n) is 13.6. The third-order valence-corrected chi connectivity index (χ3v) is 13.6. The zero-order chi connectivity index (χ0) is 41.2. The zero-order valence-corrected chi connectivity index (χ0v) is 34.0. The lowest BCUT2D eigenvalue weighted by atomic mass is 9.66. The summed E-state index contributed by atoms with van der Waals surface area (Å²) in [5, 5.41) is 7.02. The molecule has 0 atom stereocenters. The molecule has 294 valence electrons. The SMILES string of the molecule is c1ccc(-n2c3ccccc3c3cc(N(c4ccc5c(c4)oc4ccccc45)c4cccc5c4-c4c(ccc6ccccc46)C54c5ccccc5Oc5ccccc54)ccc32)cc1. The molecule has 0 saturated heterocycles. The maximum absolute atomic E-state index is 6.75. The molecule has 63 heavy (non-hydrogen) atoms. The van der Waals surface area contributed by atoms with Crippen molar-refractivity contribution in [3.8, 4) is 28.3 Å². The van der Waals surface area contributed by atoms with Crippen molar-refractivity contribution in [3.05, 3.63) is 241 Å². The molecule has 12 aromatic rings.